The molecular formula is C12H12F4O3. The third kappa shape index (κ3) is 4.20. The van der Waals surface area contributed by atoms with E-state index in [2.05, 4.69) is 4.74 Å². The molecule has 0 aromatic heterocycles. The van der Waals surface area contributed by atoms with Gasteiger partial charge < -0.3 is 9.47 Å². The Balaban J connectivity index is 2.81. The molecule has 0 amide bonds. The fourth-order valence-corrected chi connectivity index (χ4v) is 1.32. The Bertz CT molecular complexity index is 443. The average molecular weight is 280 g/mol. The molecule has 0 saturated carbocycles. The monoisotopic (exact) mass is 280 g/mol. The normalized spacial score (nSPS) is 11.4. The van der Waals surface area contributed by atoms with Crippen LogP contribution >= 0.6 is 0 Å². The standard InChI is InChI=1S/C12H12F4O3/c1-2-18-6-7-19-11(17)8-4-3-5-9(10(8)13)12(14,15)16/h3-5H,2,6-7H2,1H3. The second kappa shape index (κ2) is 6.51. The maximum Gasteiger partial charge on any atom is 0.419 e. The number of rotatable bonds is 5. The zero-order chi connectivity index (χ0) is 14.5. The molecule has 0 saturated heterocycles. The van der Waals surface area contributed by atoms with Crippen molar-refractivity contribution < 1.29 is 31.8 Å². The van der Waals surface area contributed by atoms with E-state index in [4.69, 9.17) is 4.74 Å². The fourth-order valence-electron chi connectivity index (χ4n) is 1.32. The Morgan fingerprint density at radius 1 is 1.26 bits per heavy atom. The number of hydrogen-bond donors (Lipinski definition) is 0. The number of esters is 1. The minimum Gasteiger partial charge on any atom is -0.460 e. The molecule has 0 heterocycles. The van der Waals surface area contributed by atoms with E-state index in [9.17, 15) is 22.4 Å². The van der Waals surface area contributed by atoms with E-state index in [0.29, 0.717) is 12.7 Å². The Kier molecular flexibility index (Phi) is 5.29. The van der Waals surface area contributed by atoms with Crippen molar-refractivity contribution in [2.75, 3.05) is 19.8 Å². The van der Waals surface area contributed by atoms with Gasteiger partial charge in [-0.3, -0.25) is 0 Å². The molecule has 1 rings (SSSR count). The molecule has 1 aromatic carbocycles. The van der Waals surface area contributed by atoms with Crippen LogP contribution in [0.3, 0.4) is 0 Å². The molecule has 0 aliphatic heterocycles. The van der Waals surface area contributed by atoms with E-state index in [1.165, 1.54) is 0 Å². The molecule has 106 valence electrons. The van der Waals surface area contributed by atoms with E-state index >= 15 is 0 Å². The molecule has 0 aliphatic rings. The molecule has 0 bridgehead atoms. The molecular weight excluding hydrogens is 268 g/mol. The van der Waals surface area contributed by atoms with E-state index < -0.39 is 29.1 Å². The quantitative estimate of drug-likeness (QED) is 0.472. The summed E-state index contributed by atoms with van der Waals surface area (Å²) in [6, 6.07) is 2.45. The summed E-state index contributed by atoms with van der Waals surface area (Å²) >= 11 is 0. The van der Waals surface area contributed by atoms with Crippen LogP contribution in [0.5, 0.6) is 0 Å². The second-order valence-corrected chi connectivity index (χ2v) is 3.50. The summed E-state index contributed by atoms with van der Waals surface area (Å²) in [6.07, 6.45) is -4.86. The molecule has 0 fully saturated rings. The summed E-state index contributed by atoms with van der Waals surface area (Å²) in [5.74, 6) is -2.78. The SMILES string of the molecule is CCOCCOC(=O)c1cccc(C(F)(F)F)c1F. The molecule has 19 heavy (non-hydrogen) atoms. The first kappa shape index (κ1) is 15.4. The highest BCUT2D eigenvalue weighted by atomic mass is 19.4. The maximum absolute atomic E-state index is 13.5. The van der Waals surface area contributed by atoms with Gasteiger partial charge in [-0.2, -0.15) is 13.2 Å². The van der Waals surface area contributed by atoms with Crippen molar-refractivity contribution in [1.29, 1.82) is 0 Å². The van der Waals surface area contributed by atoms with Crippen LogP contribution < -0.4 is 0 Å². The number of carbonyl (C=O) groups excluding carboxylic acids is 1. The molecule has 0 atom stereocenters. The van der Waals surface area contributed by atoms with Crippen LogP contribution in [-0.2, 0) is 15.7 Å². The highest BCUT2D eigenvalue weighted by molar-refractivity contribution is 5.90. The van der Waals surface area contributed by atoms with E-state index in [-0.39, 0.29) is 13.2 Å². The van der Waals surface area contributed by atoms with Crippen molar-refractivity contribution >= 4 is 5.97 Å². The van der Waals surface area contributed by atoms with Crippen molar-refractivity contribution in [3.63, 3.8) is 0 Å². The summed E-state index contributed by atoms with van der Waals surface area (Å²) in [5.41, 5.74) is -2.24. The van der Waals surface area contributed by atoms with E-state index in [0.717, 1.165) is 12.1 Å². The van der Waals surface area contributed by atoms with Gasteiger partial charge in [0, 0.05) is 6.61 Å². The summed E-state index contributed by atoms with van der Waals surface area (Å²) in [7, 11) is 0. The van der Waals surface area contributed by atoms with Crippen LogP contribution in [0.2, 0.25) is 0 Å². The van der Waals surface area contributed by atoms with Gasteiger partial charge in [0.15, 0.2) is 0 Å². The zero-order valence-electron chi connectivity index (χ0n) is 10.1. The zero-order valence-corrected chi connectivity index (χ0v) is 10.1. The number of hydrogen-bond acceptors (Lipinski definition) is 3. The fraction of sp³-hybridized carbons (Fsp3) is 0.417. The van der Waals surface area contributed by atoms with Gasteiger partial charge in [0.05, 0.1) is 17.7 Å². The largest absolute Gasteiger partial charge is 0.460 e. The first-order valence-electron chi connectivity index (χ1n) is 5.48. The van der Waals surface area contributed by atoms with Crippen LogP contribution in [-0.4, -0.2) is 25.8 Å². The minimum atomic E-state index is -4.86. The molecule has 7 heteroatoms. The van der Waals surface area contributed by atoms with E-state index in [1.807, 2.05) is 0 Å². The molecule has 0 radical (unpaired) electrons. The van der Waals surface area contributed by atoms with Crippen LogP contribution in [0.1, 0.15) is 22.8 Å². The summed E-state index contributed by atoms with van der Waals surface area (Å²) in [5, 5.41) is 0. The molecule has 0 unspecified atom stereocenters. The van der Waals surface area contributed by atoms with Gasteiger partial charge in [-0.05, 0) is 19.1 Å². The van der Waals surface area contributed by atoms with Crippen molar-refractivity contribution in [2.45, 2.75) is 13.1 Å². The van der Waals surface area contributed by atoms with Crippen LogP contribution in [0.25, 0.3) is 0 Å². The van der Waals surface area contributed by atoms with Crippen molar-refractivity contribution in [1.82, 2.24) is 0 Å². The Morgan fingerprint density at radius 3 is 2.53 bits per heavy atom. The highest BCUT2D eigenvalue weighted by Gasteiger charge is 2.35. The molecule has 0 N–H and O–H groups in total. The predicted molar refractivity (Wildman–Crippen MR) is 58.2 cm³/mol. The van der Waals surface area contributed by atoms with Crippen LogP contribution in [0, 0.1) is 5.82 Å². The lowest BCUT2D eigenvalue weighted by Gasteiger charge is -2.10. The summed E-state index contributed by atoms with van der Waals surface area (Å²) in [4.78, 5) is 11.4. The Morgan fingerprint density at radius 2 is 1.95 bits per heavy atom. The molecule has 3 nitrogen and oxygen atoms in total. The Labute approximate surface area is 107 Å². The maximum atomic E-state index is 13.5. The Hall–Kier alpha value is -1.63. The summed E-state index contributed by atoms with van der Waals surface area (Å²) in [6.45, 7) is 2.09. The van der Waals surface area contributed by atoms with Gasteiger partial charge in [-0.15, -0.1) is 0 Å². The second-order valence-electron chi connectivity index (χ2n) is 3.50. The lowest BCUT2D eigenvalue weighted by atomic mass is 10.1. The number of carbonyl (C=O) groups is 1. The van der Waals surface area contributed by atoms with Crippen molar-refractivity contribution in [3.8, 4) is 0 Å². The van der Waals surface area contributed by atoms with Crippen LogP contribution in [0.15, 0.2) is 18.2 Å². The van der Waals surface area contributed by atoms with Gasteiger partial charge in [0.1, 0.15) is 12.4 Å². The van der Waals surface area contributed by atoms with Gasteiger partial charge in [0.2, 0.25) is 0 Å². The molecule has 1 aromatic rings. The van der Waals surface area contributed by atoms with E-state index in [1.54, 1.807) is 6.92 Å². The lowest BCUT2D eigenvalue weighted by molar-refractivity contribution is -0.140. The first-order chi connectivity index (χ1) is 8.88. The van der Waals surface area contributed by atoms with Gasteiger partial charge in [-0.1, -0.05) is 6.07 Å². The number of ether oxygens (including phenoxy) is 2. The topological polar surface area (TPSA) is 35.5 Å². The third-order valence-electron chi connectivity index (χ3n) is 2.19. The van der Waals surface area contributed by atoms with Crippen molar-refractivity contribution in [3.05, 3.63) is 35.1 Å². The predicted octanol–water partition coefficient (Wildman–Crippen LogP) is 3.04. The van der Waals surface area contributed by atoms with Gasteiger partial charge >= 0.3 is 12.1 Å². The number of halogens is 4. The van der Waals surface area contributed by atoms with Crippen LogP contribution in [0.4, 0.5) is 17.6 Å². The van der Waals surface area contributed by atoms with Gasteiger partial charge in [0.25, 0.3) is 0 Å². The first-order valence-corrected chi connectivity index (χ1v) is 5.48. The summed E-state index contributed by atoms with van der Waals surface area (Å²) < 4.78 is 60.3. The smallest absolute Gasteiger partial charge is 0.419 e. The molecule has 0 spiro atoms. The average Bonchev–Trinajstić information content (AvgIpc) is 2.33. The third-order valence-corrected chi connectivity index (χ3v) is 2.19. The lowest BCUT2D eigenvalue weighted by Crippen LogP contribution is -2.16. The number of alkyl halides is 3. The number of benzene rings is 1. The highest BCUT2D eigenvalue weighted by Crippen LogP contribution is 2.32. The van der Waals surface area contributed by atoms with Crippen molar-refractivity contribution in [2.24, 2.45) is 0 Å². The molecule has 0 aliphatic carbocycles. The minimum absolute atomic E-state index is 0.100. The van der Waals surface area contributed by atoms with Gasteiger partial charge in [-0.25, -0.2) is 9.18 Å².